The highest BCUT2D eigenvalue weighted by molar-refractivity contribution is 6.04. The molecule has 1 aromatic heterocycles. The molecule has 10 nitrogen and oxygen atoms in total. The topological polar surface area (TPSA) is 139 Å². The Morgan fingerprint density at radius 1 is 1.18 bits per heavy atom. The highest BCUT2D eigenvalue weighted by Gasteiger charge is 2.33. The zero-order valence-electron chi connectivity index (χ0n) is 19.0. The smallest absolute Gasteiger partial charge is 0.322 e. The minimum atomic E-state index is -0.760. The number of methoxy groups -OCH3 is 1. The van der Waals surface area contributed by atoms with Crippen LogP contribution in [0.4, 0.5) is 4.79 Å². The summed E-state index contributed by atoms with van der Waals surface area (Å²) in [6.07, 6.45) is 0. The van der Waals surface area contributed by atoms with Crippen LogP contribution in [0.1, 0.15) is 33.3 Å². The van der Waals surface area contributed by atoms with E-state index in [1.54, 1.807) is 31.2 Å². The molecule has 2 aromatic carbocycles. The summed E-state index contributed by atoms with van der Waals surface area (Å²) < 4.78 is 10.7. The average molecular weight is 466 g/mol. The van der Waals surface area contributed by atoms with E-state index in [-0.39, 0.29) is 5.91 Å². The molecule has 0 saturated carbocycles. The third-order valence-electron chi connectivity index (χ3n) is 5.61. The van der Waals surface area contributed by atoms with Gasteiger partial charge >= 0.3 is 6.03 Å². The summed E-state index contributed by atoms with van der Waals surface area (Å²) in [5, 5.41) is 8.81. The summed E-state index contributed by atoms with van der Waals surface area (Å²) >= 11 is 0. The lowest BCUT2D eigenvalue weighted by atomic mass is 10.1. The fourth-order valence-electron chi connectivity index (χ4n) is 3.87. The maximum Gasteiger partial charge on any atom is 0.322 e. The number of rotatable bonds is 6. The van der Waals surface area contributed by atoms with Crippen LogP contribution in [0, 0.1) is 0 Å². The maximum atomic E-state index is 11.6. The van der Waals surface area contributed by atoms with Gasteiger partial charge in [0.1, 0.15) is 17.1 Å². The van der Waals surface area contributed by atoms with Gasteiger partial charge in [-0.15, -0.1) is 0 Å². The van der Waals surface area contributed by atoms with Gasteiger partial charge in [-0.05, 0) is 41.5 Å². The molecule has 2 aliphatic rings. The Morgan fingerprint density at radius 3 is 2.71 bits per heavy atom. The van der Waals surface area contributed by atoms with Gasteiger partial charge in [0, 0.05) is 44.2 Å². The van der Waals surface area contributed by atoms with E-state index in [2.05, 4.69) is 16.0 Å². The second kappa shape index (κ2) is 9.94. The Kier molecular flexibility index (Phi) is 6.80. The Bertz CT molecular complexity index is 1240. The molecule has 1 atom stereocenters. The van der Waals surface area contributed by atoms with E-state index in [9.17, 15) is 14.4 Å². The molecule has 178 valence electrons. The summed E-state index contributed by atoms with van der Waals surface area (Å²) in [4.78, 5) is 36.0. The number of urea groups is 1. The summed E-state index contributed by atoms with van der Waals surface area (Å²) in [5.41, 5.74) is 9.06. The normalized spacial score (nSPS) is 16.7. The number of fused-ring (bicyclic) bond motifs is 2. The van der Waals surface area contributed by atoms with Gasteiger partial charge in [0.15, 0.2) is 6.04 Å². The van der Waals surface area contributed by atoms with Gasteiger partial charge in [-0.2, -0.15) is 0 Å². The van der Waals surface area contributed by atoms with Gasteiger partial charge < -0.3 is 30.4 Å². The van der Waals surface area contributed by atoms with E-state index < -0.39 is 18.0 Å². The van der Waals surface area contributed by atoms with Gasteiger partial charge in [0.05, 0.1) is 7.11 Å². The SMILES string of the molecule is COc1ccc2c(c1)C(=O)N(C)C2.NCCNCc1ccc2oc(C3NC(=O)NC3=O)cc2c1. The van der Waals surface area contributed by atoms with Crippen molar-refractivity contribution in [3.8, 4) is 5.75 Å². The van der Waals surface area contributed by atoms with Crippen LogP contribution in [0.3, 0.4) is 0 Å². The Balaban J connectivity index is 0.000000180. The molecule has 10 heteroatoms. The predicted molar refractivity (Wildman–Crippen MR) is 125 cm³/mol. The highest BCUT2D eigenvalue weighted by atomic mass is 16.5. The van der Waals surface area contributed by atoms with E-state index in [4.69, 9.17) is 14.9 Å². The molecule has 34 heavy (non-hydrogen) atoms. The zero-order valence-corrected chi connectivity index (χ0v) is 19.0. The monoisotopic (exact) mass is 465 g/mol. The van der Waals surface area contributed by atoms with Crippen LogP contribution < -0.4 is 26.4 Å². The molecule has 1 fully saturated rings. The van der Waals surface area contributed by atoms with Gasteiger partial charge in [-0.3, -0.25) is 14.9 Å². The molecule has 1 unspecified atom stereocenters. The highest BCUT2D eigenvalue weighted by Crippen LogP contribution is 2.27. The molecule has 1 saturated heterocycles. The van der Waals surface area contributed by atoms with Crippen molar-refractivity contribution in [3.63, 3.8) is 0 Å². The van der Waals surface area contributed by atoms with Gasteiger partial charge in [0.25, 0.3) is 11.8 Å². The molecule has 0 aliphatic carbocycles. The first kappa shape index (κ1) is 23.3. The van der Waals surface area contributed by atoms with E-state index in [1.165, 1.54) is 0 Å². The summed E-state index contributed by atoms with van der Waals surface area (Å²) in [6, 6.07) is 11.9. The quantitative estimate of drug-likeness (QED) is 0.321. The molecule has 5 N–H and O–H groups in total. The maximum absolute atomic E-state index is 11.6. The van der Waals surface area contributed by atoms with Crippen LogP contribution in [0.25, 0.3) is 11.0 Å². The molecule has 0 spiro atoms. The first-order valence-corrected chi connectivity index (χ1v) is 10.9. The number of nitrogens with zero attached hydrogens (tertiary/aromatic N) is 1. The lowest BCUT2D eigenvalue weighted by molar-refractivity contribution is -0.120. The van der Waals surface area contributed by atoms with E-state index in [0.717, 1.165) is 34.4 Å². The lowest BCUT2D eigenvalue weighted by Crippen LogP contribution is -2.22. The molecule has 0 radical (unpaired) electrons. The van der Waals surface area contributed by atoms with Crippen LogP contribution in [0.5, 0.6) is 5.75 Å². The van der Waals surface area contributed by atoms with Crippen molar-refractivity contribution >= 4 is 28.8 Å². The number of carbonyl (C=O) groups is 3. The molecular weight excluding hydrogens is 438 g/mol. The van der Waals surface area contributed by atoms with Crippen LogP contribution >= 0.6 is 0 Å². The van der Waals surface area contributed by atoms with Crippen LogP contribution in [-0.2, 0) is 17.9 Å². The number of nitrogens with two attached hydrogens (primary N) is 1. The van der Waals surface area contributed by atoms with Crippen molar-refractivity contribution in [3.05, 3.63) is 64.9 Å². The van der Waals surface area contributed by atoms with Crippen molar-refractivity contribution in [2.75, 3.05) is 27.2 Å². The Labute approximate surface area is 196 Å². The van der Waals surface area contributed by atoms with E-state index in [0.29, 0.717) is 31.0 Å². The number of benzene rings is 2. The molecule has 0 bridgehead atoms. The molecular formula is C24H27N5O5. The van der Waals surface area contributed by atoms with Crippen molar-refractivity contribution in [2.45, 2.75) is 19.1 Å². The first-order valence-electron chi connectivity index (χ1n) is 10.9. The number of hydrogen-bond acceptors (Lipinski definition) is 7. The molecule has 5 rings (SSSR count). The number of nitrogens with one attached hydrogen (secondary N) is 3. The number of amides is 4. The minimum absolute atomic E-state index is 0.0777. The fraction of sp³-hybridized carbons (Fsp3) is 0.292. The van der Waals surface area contributed by atoms with E-state index in [1.807, 2.05) is 30.3 Å². The van der Waals surface area contributed by atoms with Crippen molar-refractivity contribution in [2.24, 2.45) is 5.73 Å². The number of carbonyl (C=O) groups excluding carboxylic acids is 3. The molecule has 3 heterocycles. The van der Waals surface area contributed by atoms with Crippen molar-refractivity contribution in [1.82, 2.24) is 20.9 Å². The van der Waals surface area contributed by atoms with Gasteiger partial charge in [-0.25, -0.2) is 4.79 Å². The second-order valence-corrected chi connectivity index (χ2v) is 8.07. The third-order valence-corrected chi connectivity index (χ3v) is 5.61. The first-order chi connectivity index (χ1) is 16.4. The van der Waals surface area contributed by atoms with Crippen molar-refractivity contribution < 1.29 is 23.5 Å². The van der Waals surface area contributed by atoms with Gasteiger partial charge in [0.2, 0.25) is 0 Å². The number of ether oxygens (including phenoxy) is 1. The Morgan fingerprint density at radius 2 is 2.00 bits per heavy atom. The minimum Gasteiger partial charge on any atom is -0.497 e. The van der Waals surface area contributed by atoms with Crippen LogP contribution in [-0.4, -0.2) is 50.0 Å². The number of hydrogen-bond donors (Lipinski definition) is 4. The zero-order chi connectivity index (χ0) is 24.2. The number of imide groups is 1. The molecule has 2 aliphatic heterocycles. The predicted octanol–water partition coefficient (Wildman–Crippen LogP) is 1.64. The van der Waals surface area contributed by atoms with Crippen LogP contribution in [0.15, 0.2) is 46.9 Å². The second-order valence-electron chi connectivity index (χ2n) is 8.07. The molecule has 4 amide bonds. The number of furan rings is 1. The summed E-state index contributed by atoms with van der Waals surface area (Å²) in [7, 11) is 3.40. The Hall–Kier alpha value is -3.89. The standard InChI is InChI=1S/C14H16N4O3.C10H11NO2/c15-3-4-16-7-8-1-2-10-9(5-8)6-11(21-10)12-13(19)18-14(20)17-12;1-11-6-7-3-4-8(13-2)5-9(7)10(11)12/h1-2,5-6,12,16H,3-4,7,15H2,(H2,17,18,19,20);3-5H,6H2,1-2H3. The fourth-order valence-corrected chi connectivity index (χ4v) is 3.87. The largest absolute Gasteiger partial charge is 0.497 e. The summed E-state index contributed by atoms with van der Waals surface area (Å²) in [5.74, 6) is 0.848. The van der Waals surface area contributed by atoms with Gasteiger partial charge in [-0.1, -0.05) is 12.1 Å². The third kappa shape index (κ3) is 4.87. The van der Waals surface area contributed by atoms with Crippen molar-refractivity contribution in [1.29, 1.82) is 0 Å². The van der Waals surface area contributed by atoms with Crippen LogP contribution in [0.2, 0.25) is 0 Å². The lowest BCUT2D eigenvalue weighted by Gasteiger charge is -2.04. The average Bonchev–Trinajstić information content (AvgIpc) is 3.48. The van der Waals surface area contributed by atoms with E-state index >= 15 is 0 Å². The summed E-state index contributed by atoms with van der Waals surface area (Å²) in [6.45, 7) is 2.77. The molecule has 3 aromatic rings.